The van der Waals surface area contributed by atoms with Gasteiger partial charge in [-0.25, -0.2) is 13.1 Å². The lowest BCUT2D eigenvalue weighted by atomic mass is 10.1. The second-order valence-corrected chi connectivity index (χ2v) is 8.26. The summed E-state index contributed by atoms with van der Waals surface area (Å²) in [5, 5.41) is 2.85. The normalized spacial score (nSPS) is 14.0. The highest BCUT2D eigenvalue weighted by atomic mass is 32.2. The van der Waals surface area contributed by atoms with Gasteiger partial charge in [-0.15, -0.1) is 0 Å². The van der Waals surface area contributed by atoms with Crippen molar-refractivity contribution in [3.8, 4) is 5.75 Å². The highest BCUT2D eigenvalue weighted by molar-refractivity contribution is 7.89. The van der Waals surface area contributed by atoms with Gasteiger partial charge < -0.3 is 10.1 Å². The molecule has 0 aliphatic heterocycles. The molecule has 1 fully saturated rings. The Labute approximate surface area is 160 Å². The van der Waals surface area contributed by atoms with Crippen LogP contribution in [0.5, 0.6) is 5.75 Å². The van der Waals surface area contributed by atoms with Crippen molar-refractivity contribution < 1.29 is 17.9 Å². The van der Waals surface area contributed by atoms with Crippen molar-refractivity contribution in [2.45, 2.75) is 43.5 Å². The van der Waals surface area contributed by atoms with Gasteiger partial charge in [-0.2, -0.15) is 0 Å². The summed E-state index contributed by atoms with van der Waals surface area (Å²) < 4.78 is 32.3. The summed E-state index contributed by atoms with van der Waals surface area (Å²) in [6, 6.07) is 14.0. The maximum Gasteiger partial charge on any atom is 0.240 e. The zero-order chi connectivity index (χ0) is 19.3. The summed E-state index contributed by atoms with van der Waals surface area (Å²) in [5.41, 5.74) is 1.64. The smallest absolute Gasteiger partial charge is 0.240 e. The third kappa shape index (κ3) is 5.80. The lowest BCUT2D eigenvalue weighted by Crippen LogP contribution is -2.25. The van der Waals surface area contributed by atoms with Gasteiger partial charge >= 0.3 is 0 Å². The van der Waals surface area contributed by atoms with E-state index in [1.54, 1.807) is 36.4 Å². The van der Waals surface area contributed by atoms with Crippen molar-refractivity contribution >= 4 is 21.6 Å². The van der Waals surface area contributed by atoms with Crippen LogP contribution in [0, 0.1) is 0 Å². The van der Waals surface area contributed by atoms with Gasteiger partial charge in [0.25, 0.3) is 0 Å². The van der Waals surface area contributed by atoms with Crippen LogP contribution in [0.25, 0.3) is 0 Å². The van der Waals surface area contributed by atoms with Gasteiger partial charge in [0.1, 0.15) is 5.75 Å². The molecule has 6 nitrogen and oxygen atoms in total. The molecular weight excluding hydrogens is 364 g/mol. The fraction of sp³-hybridized carbons (Fsp3) is 0.350. The van der Waals surface area contributed by atoms with Crippen molar-refractivity contribution in [3.63, 3.8) is 0 Å². The van der Waals surface area contributed by atoms with Gasteiger partial charge in [-0.1, -0.05) is 12.1 Å². The first kappa shape index (κ1) is 19.4. The highest BCUT2D eigenvalue weighted by Gasteiger charge is 2.27. The van der Waals surface area contributed by atoms with Crippen molar-refractivity contribution in [1.82, 2.24) is 4.72 Å². The Hall–Kier alpha value is -2.38. The lowest BCUT2D eigenvalue weighted by molar-refractivity contribution is -0.116. The number of hydrogen-bond donors (Lipinski definition) is 2. The third-order valence-corrected chi connectivity index (χ3v) is 5.76. The first-order valence-corrected chi connectivity index (χ1v) is 10.6. The van der Waals surface area contributed by atoms with Crippen molar-refractivity contribution in [3.05, 3.63) is 54.1 Å². The molecule has 0 heterocycles. The Kier molecular flexibility index (Phi) is 6.13. The van der Waals surface area contributed by atoms with Crippen molar-refractivity contribution in [2.75, 3.05) is 11.9 Å². The number of nitrogens with one attached hydrogen (secondary N) is 2. The van der Waals surface area contributed by atoms with Gasteiger partial charge in [0, 0.05) is 18.2 Å². The molecule has 0 atom stereocenters. The molecule has 27 heavy (non-hydrogen) atoms. The minimum absolute atomic E-state index is 0.0842. The van der Waals surface area contributed by atoms with E-state index < -0.39 is 10.0 Å². The average molecular weight is 388 g/mol. The van der Waals surface area contributed by atoms with Crippen LogP contribution in [0.3, 0.4) is 0 Å². The van der Waals surface area contributed by atoms with Crippen LogP contribution in [0.4, 0.5) is 5.69 Å². The minimum atomic E-state index is -3.43. The zero-order valence-electron chi connectivity index (χ0n) is 15.3. The molecule has 1 aliphatic rings. The van der Waals surface area contributed by atoms with Crippen LogP contribution < -0.4 is 14.8 Å². The number of rotatable bonds is 9. The second-order valence-electron chi connectivity index (χ2n) is 6.55. The van der Waals surface area contributed by atoms with E-state index in [9.17, 15) is 13.2 Å². The largest absolute Gasteiger partial charge is 0.494 e. The monoisotopic (exact) mass is 388 g/mol. The number of aryl methyl sites for hydroxylation is 1. The molecule has 0 aromatic heterocycles. The minimum Gasteiger partial charge on any atom is -0.494 e. The van der Waals surface area contributed by atoms with Gasteiger partial charge in [-0.3, -0.25) is 4.79 Å². The SMILES string of the molecule is CCOc1ccc(NC(=O)CCc2ccc(S(=O)(=O)NC3CC3)cc2)cc1. The van der Waals surface area contributed by atoms with E-state index in [1.807, 2.05) is 19.1 Å². The van der Waals surface area contributed by atoms with Gasteiger partial charge in [0.2, 0.25) is 15.9 Å². The van der Waals surface area contributed by atoms with E-state index in [0.717, 1.165) is 29.8 Å². The predicted molar refractivity (Wildman–Crippen MR) is 104 cm³/mol. The van der Waals surface area contributed by atoms with E-state index in [-0.39, 0.29) is 16.8 Å². The van der Waals surface area contributed by atoms with E-state index in [4.69, 9.17) is 4.74 Å². The lowest BCUT2D eigenvalue weighted by Gasteiger charge is -2.08. The Balaban J connectivity index is 1.49. The van der Waals surface area contributed by atoms with Crippen LogP contribution >= 0.6 is 0 Å². The number of carbonyl (C=O) groups is 1. The molecule has 2 N–H and O–H groups in total. The standard InChI is InChI=1S/C20H24N2O4S/c1-2-26-18-10-8-16(9-11-18)21-20(23)14-5-15-3-12-19(13-4-15)27(24,25)22-17-6-7-17/h3-4,8-13,17,22H,2,5-7,14H2,1H3,(H,21,23). The Bertz CT molecular complexity index is 873. The molecular formula is C20H24N2O4S. The number of amides is 1. The second kappa shape index (κ2) is 8.54. The predicted octanol–water partition coefficient (Wildman–Crippen LogP) is 3.10. The quantitative estimate of drug-likeness (QED) is 0.691. The van der Waals surface area contributed by atoms with Crippen molar-refractivity contribution in [1.29, 1.82) is 0 Å². The number of anilines is 1. The molecule has 7 heteroatoms. The molecule has 1 saturated carbocycles. The molecule has 1 amide bonds. The first-order chi connectivity index (χ1) is 13.0. The average Bonchev–Trinajstić information content (AvgIpc) is 3.45. The van der Waals surface area contributed by atoms with Gasteiger partial charge in [-0.05, 0) is 68.1 Å². The summed E-state index contributed by atoms with van der Waals surface area (Å²) in [6.45, 7) is 2.52. The van der Waals surface area contributed by atoms with Crippen LogP contribution in [0.1, 0.15) is 31.7 Å². The fourth-order valence-electron chi connectivity index (χ4n) is 2.61. The number of sulfonamides is 1. The third-order valence-electron chi connectivity index (χ3n) is 4.22. The van der Waals surface area contributed by atoms with Crippen molar-refractivity contribution in [2.24, 2.45) is 0 Å². The van der Waals surface area contributed by atoms with E-state index in [2.05, 4.69) is 10.0 Å². The van der Waals surface area contributed by atoms with E-state index in [0.29, 0.717) is 19.4 Å². The summed E-state index contributed by atoms with van der Waals surface area (Å²) in [5.74, 6) is 0.674. The number of ether oxygens (including phenoxy) is 1. The molecule has 0 saturated heterocycles. The van der Waals surface area contributed by atoms with E-state index >= 15 is 0 Å². The Morgan fingerprint density at radius 3 is 2.33 bits per heavy atom. The Morgan fingerprint density at radius 2 is 1.74 bits per heavy atom. The molecule has 1 aliphatic carbocycles. The first-order valence-electron chi connectivity index (χ1n) is 9.10. The molecule has 0 unspecified atom stereocenters. The zero-order valence-corrected chi connectivity index (χ0v) is 16.1. The Morgan fingerprint density at radius 1 is 1.07 bits per heavy atom. The fourth-order valence-corrected chi connectivity index (χ4v) is 3.91. The molecule has 0 bridgehead atoms. The van der Waals surface area contributed by atoms with Crippen LogP contribution in [0.2, 0.25) is 0 Å². The summed E-state index contributed by atoms with van der Waals surface area (Å²) >= 11 is 0. The van der Waals surface area contributed by atoms with Crippen LogP contribution in [-0.2, 0) is 21.2 Å². The molecule has 0 spiro atoms. The highest BCUT2D eigenvalue weighted by Crippen LogP contribution is 2.22. The summed E-state index contributed by atoms with van der Waals surface area (Å²) in [4.78, 5) is 12.4. The maximum atomic E-state index is 12.1. The summed E-state index contributed by atoms with van der Waals surface area (Å²) in [7, 11) is -3.43. The summed E-state index contributed by atoms with van der Waals surface area (Å²) in [6.07, 6.45) is 2.67. The molecule has 0 radical (unpaired) electrons. The van der Waals surface area contributed by atoms with Gasteiger partial charge in [0.15, 0.2) is 0 Å². The van der Waals surface area contributed by atoms with Crippen LogP contribution in [0.15, 0.2) is 53.4 Å². The van der Waals surface area contributed by atoms with E-state index in [1.165, 1.54) is 0 Å². The molecule has 2 aromatic rings. The number of carbonyl (C=O) groups excluding carboxylic acids is 1. The topological polar surface area (TPSA) is 84.5 Å². The number of benzene rings is 2. The maximum absolute atomic E-state index is 12.1. The number of hydrogen-bond acceptors (Lipinski definition) is 4. The van der Waals surface area contributed by atoms with Gasteiger partial charge in [0.05, 0.1) is 11.5 Å². The van der Waals surface area contributed by atoms with Crippen LogP contribution in [-0.4, -0.2) is 27.0 Å². The molecule has 144 valence electrons. The molecule has 2 aromatic carbocycles. The molecule has 3 rings (SSSR count).